The predicted octanol–water partition coefficient (Wildman–Crippen LogP) is 5.01. The molecule has 0 amide bonds. The van der Waals surface area contributed by atoms with Crippen molar-refractivity contribution in [3.63, 3.8) is 0 Å². The van der Waals surface area contributed by atoms with Gasteiger partial charge in [-0.25, -0.2) is 0 Å². The van der Waals surface area contributed by atoms with E-state index in [2.05, 4.69) is 37.9 Å². The average molecular weight is 393 g/mol. The summed E-state index contributed by atoms with van der Waals surface area (Å²) >= 11 is 6.71. The second-order valence-corrected chi connectivity index (χ2v) is 6.33. The van der Waals surface area contributed by atoms with Crippen LogP contribution in [0.25, 0.3) is 0 Å². The van der Waals surface area contributed by atoms with Gasteiger partial charge in [-0.1, -0.05) is 61.7 Å². The minimum atomic E-state index is -0.781. The van der Waals surface area contributed by atoms with Crippen LogP contribution in [-0.2, 0) is 0 Å². The third kappa shape index (κ3) is 3.36. The van der Waals surface area contributed by atoms with E-state index in [1.54, 1.807) is 12.1 Å². The number of nitrogens with zero attached hydrogens (tertiary/aromatic N) is 1. The van der Waals surface area contributed by atoms with Gasteiger partial charge in [0.15, 0.2) is 5.78 Å². The van der Waals surface area contributed by atoms with E-state index < -0.39 is 5.92 Å². The van der Waals surface area contributed by atoms with Crippen LogP contribution in [0.3, 0.4) is 0 Å². The van der Waals surface area contributed by atoms with Crippen molar-refractivity contribution in [2.45, 2.75) is 12.8 Å². The lowest BCUT2D eigenvalue weighted by molar-refractivity contribution is 0.0978. The molecule has 0 saturated heterocycles. The Kier molecular flexibility index (Phi) is 4.74. The van der Waals surface area contributed by atoms with Crippen LogP contribution in [0.4, 0.5) is 0 Å². The van der Waals surface area contributed by atoms with E-state index >= 15 is 0 Å². The van der Waals surface area contributed by atoms with Crippen molar-refractivity contribution in [1.82, 2.24) is 0 Å². The summed E-state index contributed by atoms with van der Waals surface area (Å²) in [5, 5.41) is 9.35. The maximum absolute atomic E-state index is 12.5. The van der Waals surface area contributed by atoms with Crippen molar-refractivity contribution < 1.29 is 4.79 Å². The van der Waals surface area contributed by atoms with Gasteiger partial charge in [-0.05, 0) is 30.7 Å². The first kappa shape index (κ1) is 15.0. The van der Waals surface area contributed by atoms with Crippen molar-refractivity contribution in [2.24, 2.45) is 0 Å². The minimum Gasteiger partial charge on any atom is -0.292 e. The number of nitriles is 1. The Balaban J connectivity index is 2.42. The molecule has 0 aromatic heterocycles. The fourth-order valence-corrected chi connectivity index (χ4v) is 3.29. The van der Waals surface area contributed by atoms with Crippen LogP contribution >= 0.6 is 31.9 Å². The Hall–Kier alpha value is -1.44. The molecule has 2 nitrogen and oxygen atoms in total. The lowest BCUT2D eigenvalue weighted by atomic mass is 9.91. The van der Waals surface area contributed by atoms with Crippen LogP contribution < -0.4 is 0 Å². The van der Waals surface area contributed by atoms with E-state index in [0.29, 0.717) is 5.56 Å². The van der Waals surface area contributed by atoms with Gasteiger partial charge in [0.25, 0.3) is 0 Å². The van der Waals surface area contributed by atoms with Gasteiger partial charge in [-0.2, -0.15) is 5.26 Å². The third-order valence-corrected chi connectivity index (χ3v) is 3.83. The van der Waals surface area contributed by atoms with Crippen LogP contribution in [0.1, 0.15) is 27.4 Å². The molecule has 0 N–H and O–H groups in total. The second-order valence-electron chi connectivity index (χ2n) is 4.50. The Morgan fingerprint density at radius 2 is 1.80 bits per heavy atom. The number of carbonyl (C=O) groups is 1. The molecular weight excluding hydrogens is 382 g/mol. The number of rotatable bonds is 3. The zero-order valence-electron chi connectivity index (χ0n) is 10.7. The molecule has 0 heterocycles. The van der Waals surface area contributed by atoms with Crippen LogP contribution in [0.15, 0.2) is 51.4 Å². The van der Waals surface area contributed by atoms with E-state index in [4.69, 9.17) is 0 Å². The summed E-state index contributed by atoms with van der Waals surface area (Å²) in [6, 6.07) is 14.9. The summed E-state index contributed by atoms with van der Waals surface area (Å²) in [4.78, 5) is 12.5. The summed E-state index contributed by atoms with van der Waals surface area (Å²) in [7, 11) is 0. The predicted molar refractivity (Wildman–Crippen MR) is 85.7 cm³/mol. The van der Waals surface area contributed by atoms with E-state index in [0.717, 1.165) is 20.1 Å². The van der Waals surface area contributed by atoms with Gasteiger partial charge in [0.1, 0.15) is 5.92 Å². The highest BCUT2D eigenvalue weighted by molar-refractivity contribution is 9.11. The molecule has 2 aromatic rings. The van der Waals surface area contributed by atoms with Crippen LogP contribution in [-0.4, -0.2) is 5.78 Å². The number of halogens is 2. The molecular formula is C16H11Br2NO. The summed E-state index contributed by atoms with van der Waals surface area (Å²) in [6.07, 6.45) is 0. The zero-order valence-corrected chi connectivity index (χ0v) is 13.9. The Bertz CT molecular complexity index is 684. The fourth-order valence-electron chi connectivity index (χ4n) is 2.00. The van der Waals surface area contributed by atoms with Gasteiger partial charge in [-0.3, -0.25) is 4.79 Å². The first-order valence-corrected chi connectivity index (χ1v) is 7.56. The van der Waals surface area contributed by atoms with Crippen LogP contribution in [0.2, 0.25) is 0 Å². The molecule has 0 spiro atoms. The normalized spacial score (nSPS) is 11.7. The van der Waals surface area contributed by atoms with Crippen molar-refractivity contribution in [2.75, 3.05) is 0 Å². The molecule has 0 radical (unpaired) electrons. The number of carbonyl (C=O) groups excluding carboxylic acids is 1. The molecule has 0 fully saturated rings. The van der Waals surface area contributed by atoms with E-state index in [1.807, 2.05) is 37.3 Å². The van der Waals surface area contributed by atoms with Gasteiger partial charge in [-0.15, -0.1) is 0 Å². The lowest BCUT2D eigenvalue weighted by Crippen LogP contribution is -2.11. The summed E-state index contributed by atoms with van der Waals surface area (Å²) in [5.41, 5.74) is 2.28. The molecule has 2 rings (SSSR count). The number of hydrogen-bond acceptors (Lipinski definition) is 2. The summed E-state index contributed by atoms with van der Waals surface area (Å²) < 4.78 is 1.60. The molecule has 0 saturated carbocycles. The van der Waals surface area contributed by atoms with E-state index in [1.165, 1.54) is 0 Å². The van der Waals surface area contributed by atoms with Crippen molar-refractivity contribution in [3.8, 4) is 6.07 Å². The molecule has 0 aliphatic rings. The van der Waals surface area contributed by atoms with Gasteiger partial charge in [0.05, 0.1) is 6.07 Å². The monoisotopic (exact) mass is 391 g/mol. The third-order valence-electron chi connectivity index (χ3n) is 2.91. The molecule has 100 valence electrons. The molecule has 4 heteroatoms. The van der Waals surface area contributed by atoms with Crippen molar-refractivity contribution in [3.05, 3.63) is 68.1 Å². The Morgan fingerprint density at radius 1 is 1.15 bits per heavy atom. The number of hydrogen-bond donors (Lipinski definition) is 0. The lowest BCUT2D eigenvalue weighted by Gasteiger charge is -2.10. The van der Waals surface area contributed by atoms with Crippen molar-refractivity contribution >= 4 is 37.6 Å². The fraction of sp³-hybridized carbons (Fsp3) is 0.125. The van der Waals surface area contributed by atoms with Gasteiger partial charge >= 0.3 is 0 Å². The Morgan fingerprint density at radius 3 is 2.35 bits per heavy atom. The zero-order chi connectivity index (χ0) is 14.7. The number of ketones is 1. The van der Waals surface area contributed by atoms with Gasteiger partial charge in [0, 0.05) is 14.5 Å². The minimum absolute atomic E-state index is 0.194. The number of aryl methyl sites for hydroxylation is 1. The Labute approximate surface area is 134 Å². The maximum Gasteiger partial charge on any atom is 0.184 e. The van der Waals surface area contributed by atoms with Gasteiger partial charge in [0.2, 0.25) is 0 Å². The first-order valence-electron chi connectivity index (χ1n) is 5.98. The number of benzene rings is 2. The average Bonchev–Trinajstić information content (AvgIpc) is 2.38. The smallest absolute Gasteiger partial charge is 0.184 e. The second kappa shape index (κ2) is 6.34. The largest absolute Gasteiger partial charge is 0.292 e. The van der Waals surface area contributed by atoms with Gasteiger partial charge < -0.3 is 0 Å². The number of Topliss-reactive ketones (excluding diaryl/α,β-unsaturated/α-hetero) is 1. The highest BCUT2D eigenvalue weighted by Crippen LogP contribution is 2.26. The molecule has 1 unspecified atom stereocenters. The first-order chi connectivity index (χ1) is 9.51. The molecule has 0 aliphatic carbocycles. The molecule has 0 bridgehead atoms. The van der Waals surface area contributed by atoms with Crippen molar-refractivity contribution in [1.29, 1.82) is 5.26 Å². The SMILES string of the molecule is Cc1cccc(C(C#N)C(=O)c2cc(Br)cc(Br)c2)c1. The molecule has 20 heavy (non-hydrogen) atoms. The summed E-state index contributed by atoms with van der Waals surface area (Å²) in [6.45, 7) is 1.94. The standard InChI is InChI=1S/C16H11Br2NO/c1-10-3-2-4-11(5-10)15(9-19)16(20)12-6-13(17)8-14(18)7-12/h2-8,15H,1H3. The van der Waals surface area contributed by atoms with Crippen LogP contribution in [0, 0.1) is 18.3 Å². The molecule has 1 atom stereocenters. The van der Waals surface area contributed by atoms with Crippen LogP contribution in [0.5, 0.6) is 0 Å². The highest BCUT2D eigenvalue weighted by atomic mass is 79.9. The summed E-state index contributed by atoms with van der Waals surface area (Å²) in [5.74, 6) is -0.976. The highest BCUT2D eigenvalue weighted by Gasteiger charge is 2.22. The topological polar surface area (TPSA) is 40.9 Å². The maximum atomic E-state index is 12.5. The molecule has 2 aromatic carbocycles. The molecule has 0 aliphatic heterocycles. The van der Waals surface area contributed by atoms with E-state index in [-0.39, 0.29) is 5.78 Å². The van der Waals surface area contributed by atoms with E-state index in [9.17, 15) is 10.1 Å². The quantitative estimate of drug-likeness (QED) is 0.688.